The van der Waals surface area contributed by atoms with E-state index < -0.39 is 0 Å². The van der Waals surface area contributed by atoms with Crippen molar-refractivity contribution in [2.24, 2.45) is 4.99 Å². The maximum absolute atomic E-state index is 12.7. The molecular weight excluding hydrogens is 284 g/mol. The number of hydrogen-bond donors (Lipinski definition) is 0. The number of benzene rings is 2. The minimum atomic E-state index is 0.0965. The Labute approximate surface area is 139 Å². The van der Waals surface area contributed by atoms with Gasteiger partial charge in [0.1, 0.15) is 0 Å². The highest BCUT2D eigenvalue weighted by Crippen LogP contribution is 2.33. The summed E-state index contributed by atoms with van der Waals surface area (Å²) in [6.07, 6.45) is 4.77. The molecule has 0 N–H and O–H groups in total. The number of nitrogens with zero attached hydrogens (tertiary/aromatic N) is 2. The highest BCUT2D eigenvalue weighted by atomic mass is 16.2. The molecule has 0 radical (unpaired) electrons. The molecule has 2 aromatic rings. The molecule has 1 heterocycles. The van der Waals surface area contributed by atoms with E-state index in [1.54, 1.807) is 18.3 Å². The number of rotatable bonds is 5. The van der Waals surface area contributed by atoms with Gasteiger partial charge in [0.15, 0.2) is 0 Å². The van der Waals surface area contributed by atoms with Gasteiger partial charge in [0.05, 0.1) is 19.2 Å². The fraction of sp³-hybridized carbons (Fsp3) is 0.300. The van der Waals surface area contributed by atoms with Crippen molar-refractivity contribution < 1.29 is 6.17 Å². The lowest BCUT2D eigenvalue weighted by atomic mass is 9.99. The van der Waals surface area contributed by atoms with Crippen molar-refractivity contribution in [3.63, 3.8) is 0 Å². The predicted octanol–water partition coefficient (Wildman–Crippen LogP) is 4.54. The zero-order valence-corrected chi connectivity index (χ0v) is 13.4. The molecule has 1 unspecified atom stereocenters. The topological polar surface area (TPSA) is 32.7 Å². The molecule has 1 aliphatic heterocycles. The van der Waals surface area contributed by atoms with Crippen LogP contribution in [0.5, 0.6) is 0 Å². The van der Waals surface area contributed by atoms with Gasteiger partial charge in [0, 0.05) is 12.3 Å². The molecule has 1 amide bonds. The number of hydrogen-bond acceptors (Lipinski definition) is 2. The number of fused-ring (bicyclic) bond motifs is 1. The lowest BCUT2D eigenvalue weighted by Crippen LogP contribution is -2.41. The Morgan fingerprint density at radius 3 is 2.78 bits per heavy atom. The molecule has 0 spiro atoms. The van der Waals surface area contributed by atoms with E-state index >= 15 is 0 Å². The summed E-state index contributed by atoms with van der Waals surface area (Å²) in [4.78, 5) is 19.1. The SMILES string of the molecule is [3H]c1ccc(CC(CCC)N2C(=O)CC=Nc3ccccc32)cc1. The molecule has 0 aromatic heterocycles. The van der Waals surface area contributed by atoms with Crippen LogP contribution >= 0.6 is 0 Å². The fourth-order valence-corrected chi connectivity index (χ4v) is 3.12. The summed E-state index contributed by atoms with van der Waals surface area (Å²) in [7, 11) is 0. The predicted molar refractivity (Wildman–Crippen MR) is 95.5 cm³/mol. The Kier molecular flexibility index (Phi) is 4.46. The van der Waals surface area contributed by atoms with Gasteiger partial charge in [-0.1, -0.05) is 55.8 Å². The minimum absolute atomic E-state index is 0.0965. The first kappa shape index (κ1) is 14.2. The van der Waals surface area contributed by atoms with Gasteiger partial charge in [0.25, 0.3) is 0 Å². The van der Waals surface area contributed by atoms with E-state index in [-0.39, 0.29) is 11.9 Å². The van der Waals surface area contributed by atoms with Gasteiger partial charge in [-0.2, -0.15) is 0 Å². The lowest BCUT2D eigenvalue weighted by molar-refractivity contribution is -0.117. The van der Waals surface area contributed by atoms with Crippen LogP contribution in [-0.2, 0) is 11.2 Å². The number of aliphatic imine (C=N–C) groups is 1. The van der Waals surface area contributed by atoms with Crippen molar-refractivity contribution in [2.75, 3.05) is 4.90 Å². The third-order valence-electron chi connectivity index (χ3n) is 4.15. The zero-order chi connectivity index (χ0) is 16.9. The summed E-state index contributed by atoms with van der Waals surface area (Å²) < 4.78 is 7.63. The van der Waals surface area contributed by atoms with Crippen LogP contribution in [0, 0.1) is 0 Å². The molecule has 1 atom stereocenters. The van der Waals surface area contributed by atoms with Gasteiger partial charge < -0.3 is 4.90 Å². The molecule has 1 aliphatic rings. The Hall–Kier alpha value is -2.42. The standard InChI is InChI=1S/C20H22N2O/c1-2-8-17(15-16-9-4-3-5-10-16)22-19-12-7-6-11-18(19)21-14-13-20(22)23/h3-7,9-12,14,17H,2,8,13,15H2,1H3/i3T. The van der Waals surface area contributed by atoms with Gasteiger partial charge in [-0.15, -0.1) is 0 Å². The van der Waals surface area contributed by atoms with Crippen LogP contribution in [0.25, 0.3) is 0 Å². The molecule has 0 bridgehead atoms. The smallest absolute Gasteiger partial charge is 0.232 e. The highest BCUT2D eigenvalue weighted by molar-refractivity contribution is 6.05. The first-order valence-electron chi connectivity index (χ1n) is 8.68. The van der Waals surface area contributed by atoms with Crippen LogP contribution in [0.4, 0.5) is 11.4 Å². The number of carbonyl (C=O) groups is 1. The van der Waals surface area contributed by atoms with E-state index in [0.717, 1.165) is 36.2 Å². The second-order valence-corrected chi connectivity index (χ2v) is 5.82. The van der Waals surface area contributed by atoms with Gasteiger partial charge in [-0.05, 0) is 30.5 Å². The van der Waals surface area contributed by atoms with Crippen molar-refractivity contribution in [1.82, 2.24) is 0 Å². The van der Waals surface area contributed by atoms with Crippen LogP contribution < -0.4 is 4.90 Å². The van der Waals surface area contributed by atoms with E-state index in [1.165, 1.54) is 0 Å². The van der Waals surface area contributed by atoms with E-state index in [0.29, 0.717) is 12.5 Å². The van der Waals surface area contributed by atoms with Crippen molar-refractivity contribution in [3.05, 3.63) is 60.1 Å². The minimum Gasteiger partial charge on any atom is -0.307 e. The number of carbonyl (C=O) groups excluding carboxylic acids is 1. The van der Waals surface area contributed by atoms with Crippen LogP contribution in [0.15, 0.2) is 59.6 Å². The molecule has 23 heavy (non-hydrogen) atoms. The number of anilines is 1. The molecule has 0 aliphatic carbocycles. The van der Waals surface area contributed by atoms with Crippen molar-refractivity contribution >= 4 is 23.5 Å². The number of para-hydroxylation sites is 2. The maximum atomic E-state index is 12.7. The Morgan fingerprint density at radius 1 is 1.22 bits per heavy atom. The van der Waals surface area contributed by atoms with Crippen LogP contribution in [0.2, 0.25) is 0 Å². The second-order valence-electron chi connectivity index (χ2n) is 5.82. The van der Waals surface area contributed by atoms with Crippen molar-refractivity contribution in [2.45, 2.75) is 38.6 Å². The van der Waals surface area contributed by atoms with E-state index in [2.05, 4.69) is 11.9 Å². The molecule has 0 fully saturated rings. The van der Waals surface area contributed by atoms with Crippen LogP contribution in [0.3, 0.4) is 0 Å². The van der Waals surface area contributed by atoms with E-state index in [1.807, 2.05) is 41.3 Å². The number of amides is 1. The van der Waals surface area contributed by atoms with Crippen molar-refractivity contribution in [3.8, 4) is 0 Å². The molecule has 3 rings (SSSR count). The third-order valence-corrected chi connectivity index (χ3v) is 4.15. The summed E-state index contributed by atoms with van der Waals surface area (Å²) in [6.45, 7) is 2.14. The van der Waals surface area contributed by atoms with Gasteiger partial charge >= 0.3 is 0 Å². The first-order chi connectivity index (χ1) is 11.7. The van der Waals surface area contributed by atoms with E-state index in [9.17, 15) is 4.79 Å². The quantitative estimate of drug-likeness (QED) is 0.798. The highest BCUT2D eigenvalue weighted by Gasteiger charge is 2.27. The summed E-state index contributed by atoms with van der Waals surface area (Å²) in [5.74, 6) is 0.0965. The summed E-state index contributed by atoms with van der Waals surface area (Å²) in [6, 6.07) is 16.0. The first-order valence-corrected chi connectivity index (χ1v) is 8.18. The Balaban J connectivity index is 1.94. The Morgan fingerprint density at radius 2 is 2.00 bits per heavy atom. The average molecular weight is 308 g/mol. The third kappa shape index (κ3) is 3.50. The Bertz CT molecular complexity index is 740. The lowest BCUT2D eigenvalue weighted by Gasteiger charge is -2.32. The van der Waals surface area contributed by atoms with E-state index in [4.69, 9.17) is 1.37 Å². The summed E-state index contributed by atoms with van der Waals surface area (Å²) in [5, 5.41) is 0. The molecule has 0 saturated carbocycles. The van der Waals surface area contributed by atoms with Crippen LogP contribution in [0.1, 0.15) is 33.1 Å². The zero-order valence-electron chi connectivity index (χ0n) is 14.4. The molecule has 3 nitrogen and oxygen atoms in total. The fourth-order valence-electron chi connectivity index (χ4n) is 3.12. The largest absolute Gasteiger partial charge is 0.307 e. The molecule has 0 saturated heterocycles. The maximum Gasteiger partial charge on any atom is 0.232 e. The second kappa shape index (κ2) is 7.23. The van der Waals surface area contributed by atoms with Gasteiger partial charge in [-0.3, -0.25) is 9.79 Å². The van der Waals surface area contributed by atoms with Crippen molar-refractivity contribution in [1.29, 1.82) is 0 Å². The average Bonchev–Trinajstić information content (AvgIpc) is 2.75. The molecular formula is C20H22N2O. The van der Waals surface area contributed by atoms with Crippen LogP contribution in [-0.4, -0.2) is 18.2 Å². The van der Waals surface area contributed by atoms with Gasteiger partial charge in [0.2, 0.25) is 5.91 Å². The molecule has 3 heteroatoms. The molecule has 118 valence electrons. The van der Waals surface area contributed by atoms with Gasteiger partial charge in [-0.25, -0.2) is 0 Å². The summed E-state index contributed by atoms with van der Waals surface area (Å²) in [5.41, 5.74) is 2.90. The monoisotopic (exact) mass is 308 g/mol. The summed E-state index contributed by atoms with van der Waals surface area (Å²) >= 11 is 0. The normalized spacial score (nSPS) is 15.8. The molecule has 2 aromatic carbocycles.